The summed E-state index contributed by atoms with van der Waals surface area (Å²) >= 11 is 2.42. The van der Waals surface area contributed by atoms with Crippen molar-refractivity contribution in [1.82, 2.24) is 19.8 Å². The van der Waals surface area contributed by atoms with Crippen molar-refractivity contribution in [3.63, 3.8) is 0 Å². The molecule has 13 nitrogen and oxygen atoms in total. The maximum Gasteiger partial charge on any atom is 0.329 e. The van der Waals surface area contributed by atoms with Gasteiger partial charge in [-0.15, -0.1) is 23.1 Å². The minimum atomic E-state index is -1.50. The zero-order valence-corrected chi connectivity index (χ0v) is 20.3. The van der Waals surface area contributed by atoms with E-state index in [1.165, 1.54) is 30.3 Å². The van der Waals surface area contributed by atoms with Crippen LogP contribution in [0.4, 0.5) is 5.13 Å². The van der Waals surface area contributed by atoms with E-state index < -0.39 is 29.2 Å². The highest BCUT2D eigenvalue weighted by Crippen LogP contribution is 2.40. The minimum Gasteiger partial charge on any atom is -0.543 e. The first-order chi connectivity index (χ1) is 17.3. The van der Waals surface area contributed by atoms with Crippen LogP contribution in [0.5, 0.6) is 5.75 Å². The number of oxime groups is 1. The average molecular weight is 530 g/mol. The molecule has 2 amide bonds. The smallest absolute Gasteiger partial charge is 0.329 e. The van der Waals surface area contributed by atoms with Gasteiger partial charge >= 0.3 is 5.65 Å². The fourth-order valence-corrected chi connectivity index (χ4v) is 6.05. The molecule has 1 fully saturated rings. The molecule has 0 aliphatic carbocycles. The molecule has 3 aromatic rings. The Morgan fingerprint density at radius 3 is 2.94 bits per heavy atom. The van der Waals surface area contributed by atoms with Gasteiger partial charge in [-0.2, -0.15) is 4.40 Å². The number of carbonyl (C=O) groups is 3. The number of hydrogen-bond acceptors (Lipinski definition) is 11. The van der Waals surface area contributed by atoms with E-state index in [0.717, 1.165) is 16.2 Å². The van der Waals surface area contributed by atoms with Gasteiger partial charge in [-0.05, 0) is 12.1 Å². The number of rotatable bonds is 7. The number of aliphatic carboxylic acids is 1. The van der Waals surface area contributed by atoms with E-state index in [0.29, 0.717) is 11.2 Å². The molecule has 0 spiro atoms. The van der Waals surface area contributed by atoms with E-state index in [2.05, 4.69) is 15.5 Å². The molecular weight excluding hydrogens is 510 g/mol. The second-order valence-electron chi connectivity index (χ2n) is 7.84. The molecule has 0 saturated carbocycles. The number of thioether (sulfide) groups is 1. The Hall–Kier alpha value is -4.11. The molecule has 0 unspecified atom stereocenters. The number of β-lactam (4-membered cyclic amide) rings is 1. The summed E-state index contributed by atoms with van der Waals surface area (Å²) in [7, 11) is 1.26. The summed E-state index contributed by atoms with van der Waals surface area (Å²) in [5.74, 6) is -2.51. The first-order valence-electron chi connectivity index (χ1n) is 10.5. The highest BCUT2D eigenvalue weighted by Gasteiger charge is 2.53. The van der Waals surface area contributed by atoms with Crippen LogP contribution in [0, 0.1) is 0 Å². The van der Waals surface area contributed by atoms with E-state index in [1.807, 2.05) is 0 Å². The van der Waals surface area contributed by atoms with Gasteiger partial charge in [0.25, 0.3) is 11.8 Å². The molecule has 15 heteroatoms. The average Bonchev–Trinajstić information content (AvgIpc) is 3.47. The zero-order chi connectivity index (χ0) is 25.6. The fourth-order valence-electron chi connectivity index (χ4n) is 4.17. The summed E-state index contributed by atoms with van der Waals surface area (Å²) in [6.07, 6.45) is 5.18. The molecule has 4 N–H and O–H groups in total. The van der Waals surface area contributed by atoms with Crippen molar-refractivity contribution in [2.24, 2.45) is 5.16 Å². The highest BCUT2D eigenvalue weighted by atomic mass is 32.2. The first kappa shape index (κ1) is 23.6. The lowest BCUT2D eigenvalue weighted by Gasteiger charge is -2.50. The zero-order valence-electron chi connectivity index (χ0n) is 18.7. The van der Waals surface area contributed by atoms with E-state index in [4.69, 9.17) is 10.6 Å². The van der Waals surface area contributed by atoms with Gasteiger partial charge in [-0.25, -0.2) is 9.55 Å². The number of thiazole rings is 1. The van der Waals surface area contributed by atoms with Crippen LogP contribution < -0.4 is 20.6 Å². The van der Waals surface area contributed by atoms with Crippen molar-refractivity contribution in [2.75, 3.05) is 18.6 Å². The first-order valence-corrected chi connectivity index (χ1v) is 12.4. The molecule has 3 aromatic heterocycles. The largest absolute Gasteiger partial charge is 0.543 e. The number of fused-ring (bicyclic) bond motifs is 2. The summed E-state index contributed by atoms with van der Waals surface area (Å²) in [5.41, 5.74) is 6.34. The van der Waals surface area contributed by atoms with Gasteiger partial charge in [0.1, 0.15) is 43.2 Å². The number of aromatic hydroxyl groups is 1. The molecule has 0 radical (unpaired) electrons. The molecule has 2 aliphatic rings. The van der Waals surface area contributed by atoms with E-state index in [9.17, 15) is 24.6 Å². The lowest BCUT2D eigenvalue weighted by atomic mass is 10.0. The highest BCUT2D eigenvalue weighted by molar-refractivity contribution is 8.00. The normalized spacial score (nSPS) is 19.8. The number of nitrogens with zero attached hydrogens (tertiary/aromatic N) is 5. The molecule has 0 bridgehead atoms. The molecule has 2 atom stereocenters. The van der Waals surface area contributed by atoms with Crippen LogP contribution in [0.2, 0.25) is 0 Å². The number of imidazole rings is 1. The Morgan fingerprint density at radius 1 is 1.44 bits per heavy atom. The number of anilines is 1. The van der Waals surface area contributed by atoms with Crippen molar-refractivity contribution < 1.29 is 33.8 Å². The van der Waals surface area contributed by atoms with Gasteiger partial charge in [0, 0.05) is 16.7 Å². The monoisotopic (exact) mass is 529 g/mol. The Balaban J connectivity index is 1.38. The summed E-state index contributed by atoms with van der Waals surface area (Å²) in [6.45, 7) is 0.119. The number of nitrogen functional groups attached to an aromatic ring is 1. The second kappa shape index (κ2) is 9.16. The quantitative estimate of drug-likeness (QED) is 0.141. The number of aromatic nitrogens is 3. The maximum absolute atomic E-state index is 13.0. The van der Waals surface area contributed by atoms with Crippen molar-refractivity contribution >= 4 is 57.4 Å². The van der Waals surface area contributed by atoms with Crippen molar-refractivity contribution in [3.8, 4) is 5.75 Å². The summed E-state index contributed by atoms with van der Waals surface area (Å²) < 4.78 is 3.38. The molecule has 5 heterocycles. The molecule has 186 valence electrons. The van der Waals surface area contributed by atoms with Crippen LogP contribution in [0.15, 0.2) is 52.5 Å². The Bertz CT molecular complexity index is 1460. The lowest BCUT2D eigenvalue weighted by Crippen LogP contribution is -2.71. The Morgan fingerprint density at radius 2 is 2.25 bits per heavy atom. The predicted octanol–water partition coefficient (Wildman–Crippen LogP) is -1.57. The van der Waals surface area contributed by atoms with Gasteiger partial charge in [0.15, 0.2) is 10.8 Å². The number of carbonyl (C=O) groups excluding carboxylic acids is 3. The van der Waals surface area contributed by atoms with Crippen LogP contribution in [0.1, 0.15) is 5.69 Å². The fraction of sp³-hybridized carbons (Fsp3) is 0.238. The van der Waals surface area contributed by atoms with Gasteiger partial charge < -0.3 is 30.9 Å². The van der Waals surface area contributed by atoms with Crippen LogP contribution in [-0.4, -0.2) is 67.3 Å². The third-order valence-electron chi connectivity index (χ3n) is 5.70. The summed E-state index contributed by atoms with van der Waals surface area (Å²) in [5, 5.41) is 29.8. The van der Waals surface area contributed by atoms with Gasteiger partial charge in [-0.1, -0.05) is 5.16 Å². The van der Waals surface area contributed by atoms with Crippen LogP contribution in [0.25, 0.3) is 5.65 Å². The molecule has 36 heavy (non-hydrogen) atoms. The number of nitrogens with one attached hydrogen (secondary N) is 1. The number of pyridine rings is 1. The molecule has 1 saturated heterocycles. The topological polar surface area (TPSA) is 179 Å². The van der Waals surface area contributed by atoms with E-state index >= 15 is 0 Å². The SMILES string of the molecule is CO/N=C(\C(=O)N[C@@H]1C(=O)N2C(C(=O)[O-])=C(Cn3cc[n+]4cccc(O)c34)CS[C@H]12)c1csc(N)n1. The molecule has 2 aliphatic heterocycles. The van der Waals surface area contributed by atoms with Crippen molar-refractivity contribution in [1.29, 1.82) is 0 Å². The van der Waals surface area contributed by atoms with Crippen LogP contribution >= 0.6 is 23.1 Å². The number of carboxylic acids is 1. The third-order valence-corrected chi connectivity index (χ3v) is 7.72. The number of carboxylic acid groups (broad SMARTS) is 1. The van der Waals surface area contributed by atoms with Gasteiger partial charge in [0.2, 0.25) is 5.75 Å². The lowest BCUT2D eigenvalue weighted by molar-refractivity contribution is -0.511. The Kier molecular flexibility index (Phi) is 6.01. The second-order valence-corrected chi connectivity index (χ2v) is 9.84. The predicted molar refractivity (Wildman–Crippen MR) is 126 cm³/mol. The summed E-state index contributed by atoms with van der Waals surface area (Å²) in [6, 6.07) is 2.22. The Labute approximate surface area is 211 Å². The summed E-state index contributed by atoms with van der Waals surface area (Å²) in [4.78, 5) is 47.8. The van der Waals surface area contributed by atoms with Crippen LogP contribution in [-0.2, 0) is 25.8 Å². The van der Waals surface area contributed by atoms with Gasteiger partial charge in [-0.3, -0.25) is 14.5 Å². The molecule has 5 rings (SSSR count). The van der Waals surface area contributed by atoms with E-state index in [-0.39, 0.29) is 40.3 Å². The standard InChI is InChI=1S/C21H19N7O6S2/c1-34-25-13(11-9-36-21(22)23-11)16(30)24-14-18(31)28-15(20(32)33)10(8-35-19(14)28)7-27-6-5-26-4-2-3-12(29)17(26)27/h2-6,9,14,19H,7-8H2,1H3,(H4-,22,23,24,29,30,32,33)/b25-13-/t14-,19-/m1/s1. The number of amides is 2. The van der Waals surface area contributed by atoms with Crippen molar-refractivity contribution in [3.05, 3.63) is 53.1 Å². The van der Waals surface area contributed by atoms with Crippen LogP contribution in [0.3, 0.4) is 0 Å². The molecular formula is C21H19N7O6S2. The third kappa shape index (κ3) is 3.91. The minimum absolute atomic E-state index is 0.0256. The van der Waals surface area contributed by atoms with Crippen molar-refractivity contribution in [2.45, 2.75) is 18.0 Å². The maximum atomic E-state index is 13.0. The van der Waals surface area contributed by atoms with E-state index in [1.54, 1.807) is 33.6 Å². The van der Waals surface area contributed by atoms with Gasteiger partial charge in [0.05, 0.1) is 17.9 Å². The number of hydrogen-bond donors (Lipinski definition) is 3. The molecule has 0 aromatic carbocycles. The number of nitrogens with two attached hydrogens (primary N) is 1.